The first kappa shape index (κ1) is 19.6. The number of hydrogen-bond donors (Lipinski definition) is 2. The molecule has 0 spiro atoms. The number of anilines is 2. The molecule has 146 valence electrons. The van der Waals surface area contributed by atoms with Crippen LogP contribution in [0.25, 0.3) is 0 Å². The monoisotopic (exact) mass is 390 g/mol. The highest BCUT2D eigenvalue weighted by atomic mass is 19.4. The van der Waals surface area contributed by atoms with Crippen molar-refractivity contribution in [1.29, 1.82) is 0 Å². The first-order valence-electron chi connectivity index (χ1n) is 8.27. The van der Waals surface area contributed by atoms with Crippen LogP contribution in [-0.2, 0) is 11.7 Å². The van der Waals surface area contributed by atoms with E-state index < -0.39 is 28.1 Å². The van der Waals surface area contributed by atoms with Gasteiger partial charge >= 0.3 is 6.18 Å². The summed E-state index contributed by atoms with van der Waals surface area (Å²) in [6, 6.07) is 11.4. The lowest BCUT2D eigenvalue weighted by Crippen LogP contribution is -2.49. The molecule has 0 bridgehead atoms. The third-order valence-electron chi connectivity index (χ3n) is 4.59. The first-order chi connectivity index (χ1) is 13.1. The highest BCUT2D eigenvalue weighted by Crippen LogP contribution is 2.37. The molecule has 1 atom stereocenters. The van der Waals surface area contributed by atoms with Gasteiger partial charge in [-0.05, 0) is 30.7 Å². The van der Waals surface area contributed by atoms with E-state index in [4.69, 9.17) is 10.5 Å². The zero-order chi connectivity index (χ0) is 20.7. The minimum absolute atomic E-state index is 0.00293. The van der Waals surface area contributed by atoms with E-state index >= 15 is 0 Å². The molecule has 3 aromatic carbocycles. The van der Waals surface area contributed by atoms with Crippen LogP contribution in [0.15, 0.2) is 58.1 Å². The van der Waals surface area contributed by atoms with Crippen LogP contribution in [0.2, 0.25) is 0 Å². The molecule has 0 radical (unpaired) electrons. The second-order valence-electron chi connectivity index (χ2n) is 6.51. The van der Waals surface area contributed by atoms with Gasteiger partial charge in [-0.15, -0.1) is 0 Å². The molecule has 3 aromatic rings. The molecule has 3 rings (SSSR count). The van der Waals surface area contributed by atoms with Gasteiger partial charge in [-0.1, -0.05) is 30.3 Å². The van der Waals surface area contributed by atoms with Crippen molar-refractivity contribution in [1.82, 2.24) is 0 Å². The molecule has 8 heteroatoms. The smallest absolute Gasteiger partial charge is 0.416 e. The van der Waals surface area contributed by atoms with Gasteiger partial charge in [-0.2, -0.15) is 13.2 Å². The van der Waals surface area contributed by atoms with Crippen LogP contribution in [-0.4, -0.2) is 7.11 Å². The lowest BCUT2D eigenvalue weighted by Gasteiger charge is -2.29. The number of hydrogen-bond acceptors (Lipinski definition) is 5. The van der Waals surface area contributed by atoms with Crippen LogP contribution in [0.3, 0.4) is 0 Å². The number of ether oxygens (including phenoxy) is 1. The van der Waals surface area contributed by atoms with Gasteiger partial charge in [0.2, 0.25) is 10.9 Å². The maximum Gasteiger partial charge on any atom is 0.416 e. The number of halogens is 3. The maximum atomic E-state index is 13.0. The Morgan fingerprint density at radius 2 is 1.61 bits per heavy atom. The Kier molecular flexibility index (Phi) is 4.76. The van der Waals surface area contributed by atoms with E-state index in [-0.39, 0.29) is 22.7 Å². The van der Waals surface area contributed by atoms with Gasteiger partial charge in [0.15, 0.2) is 0 Å². The Morgan fingerprint density at radius 1 is 0.964 bits per heavy atom. The van der Waals surface area contributed by atoms with Gasteiger partial charge in [0.05, 0.1) is 29.5 Å². The van der Waals surface area contributed by atoms with Crippen LogP contribution < -0.4 is 26.6 Å². The van der Waals surface area contributed by atoms with Gasteiger partial charge < -0.3 is 15.8 Å². The average molecular weight is 390 g/mol. The lowest BCUT2D eigenvalue weighted by atomic mass is 9.81. The third kappa shape index (κ3) is 3.27. The molecule has 28 heavy (non-hydrogen) atoms. The van der Waals surface area contributed by atoms with E-state index in [9.17, 15) is 22.8 Å². The number of alkyl halides is 3. The molecule has 3 N–H and O–H groups in total. The summed E-state index contributed by atoms with van der Waals surface area (Å²) in [7, 11) is 1.29. The molecule has 0 aliphatic carbocycles. The summed E-state index contributed by atoms with van der Waals surface area (Å²) in [5.74, 6) is 0.0884. The topological polar surface area (TPSA) is 81.4 Å². The van der Waals surface area contributed by atoms with Crippen LogP contribution in [0.4, 0.5) is 24.5 Å². The van der Waals surface area contributed by atoms with Gasteiger partial charge in [0.25, 0.3) is 0 Å². The Hall–Kier alpha value is -3.13. The Morgan fingerprint density at radius 3 is 2.18 bits per heavy atom. The van der Waals surface area contributed by atoms with Crippen molar-refractivity contribution >= 4 is 11.4 Å². The predicted molar refractivity (Wildman–Crippen MR) is 99.7 cm³/mol. The molecular formula is C20H17F3N2O3. The van der Waals surface area contributed by atoms with Crippen LogP contribution in [0.1, 0.15) is 23.6 Å². The van der Waals surface area contributed by atoms with Crippen molar-refractivity contribution in [3.05, 3.63) is 85.7 Å². The van der Waals surface area contributed by atoms with Crippen molar-refractivity contribution < 1.29 is 17.9 Å². The summed E-state index contributed by atoms with van der Waals surface area (Å²) >= 11 is 0. The molecule has 0 aromatic heterocycles. The number of benzene rings is 2. The fraction of sp³-hybridized carbons (Fsp3) is 0.200. The average Bonchev–Trinajstić information content (AvgIpc) is 2.67. The summed E-state index contributed by atoms with van der Waals surface area (Å²) in [6.07, 6.45) is -4.58. The molecule has 0 unspecified atom stereocenters. The summed E-state index contributed by atoms with van der Waals surface area (Å²) < 4.78 is 44.2. The van der Waals surface area contributed by atoms with E-state index in [1.807, 2.05) is 0 Å². The second-order valence-corrected chi connectivity index (χ2v) is 6.51. The highest BCUT2D eigenvalue weighted by molar-refractivity contribution is 5.73. The number of methoxy groups -OCH3 is 1. The molecule has 5 nitrogen and oxygen atoms in total. The zero-order valence-electron chi connectivity index (χ0n) is 15.1. The van der Waals surface area contributed by atoms with E-state index in [0.29, 0.717) is 5.56 Å². The standard InChI is InChI=1S/C20H17F3N2O3/c1-19(24,11-6-4-3-5-7-11)15-16(18(27)17(15)26)25-13-10-12(20(21,22)23)8-9-14(13)28-2/h3-10,25H,24H2,1-2H3/t19-/m0/s1. The minimum atomic E-state index is -4.58. The number of rotatable bonds is 5. The van der Waals surface area contributed by atoms with Crippen LogP contribution in [0, 0.1) is 0 Å². The largest absolute Gasteiger partial charge is 0.495 e. The van der Waals surface area contributed by atoms with Crippen molar-refractivity contribution in [2.24, 2.45) is 5.73 Å². The quantitative estimate of drug-likeness (QED) is 0.654. The Bertz CT molecular complexity index is 1080. The SMILES string of the molecule is COc1ccc(C(F)(F)F)cc1Nc1c([C@@](C)(N)c2ccccc2)c(=O)c1=O. The number of nitrogens with two attached hydrogens (primary N) is 1. The fourth-order valence-corrected chi connectivity index (χ4v) is 3.05. The first-order valence-corrected chi connectivity index (χ1v) is 8.27. The van der Waals surface area contributed by atoms with E-state index in [2.05, 4.69) is 5.32 Å². The molecule has 0 aliphatic rings. The van der Waals surface area contributed by atoms with Crippen LogP contribution >= 0.6 is 0 Å². The summed E-state index contributed by atoms with van der Waals surface area (Å²) in [5, 5.41) is 2.62. The van der Waals surface area contributed by atoms with Gasteiger partial charge in [-0.25, -0.2) is 0 Å². The van der Waals surface area contributed by atoms with Gasteiger partial charge in [0.1, 0.15) is 11.4 Å². The van der Waals surface area contributed by atoms with E-state index in [1.54, 1.807) is 37.3 Å². The van der Waals surface area contributed by atoms with Crippen molar-refractivity contribution in [2.45, 2.75) is 18.6 Å². The minimum Gasteiger partial charge on any atom is -0.495 e. The second kappa shape index (κ2) is 6.79. The lowest BCUT2D eigenvalue weighted by molar-refractivity contribution is -0.137. The normalized spacial score (nSPS) is 13.9. The summed E-state index contributed by atoms with van der Waals surface area (Å²) in [6.45, 7) is 1.56. The van der Waals surface area contributed by atoms with Crippen molar-refractivity contribution in [3.8, 4) is 5.75 Å². The molecule has 0 saturated carbocycles. The molecule has 0 aliphatic heterocycles. The van der Waals surface area contributed by atoms with E-state index in [0.717, 1.165) is 18.2 Å². The number of nitrogens with one attached hydrogen (secondary N) is 1. The Labute approximate surface area is 158 Å². The highest BCUT2D eigenvalue weighted by Gasteiger charge is 2.37. The Balaban J connectivity index is 2.08. The molecule has 0 heterocycles. The third-order valence-corrected chi connectivity index (χ3v) is 4.59. The summed E-state index contributed by atoms with van der Waals surface area (Å²) in [5.41, 5.74) is 2.84. The zero-order valence-corrected chi connectivity index (χ0v) is 15.1. The van der Waals surface area contributed by atoms with Crippen LogP contribution in [0.5, 0.6) is 5.75 Å². The van der Waals surface area contributed by atoms with E-state index in [1.165, 1.54) is 7.11 Å². The fourth-order valence-electron chi connectivity index (χ4n) is 3.05. The maximum absolute atomic E-state index is 13.0. The predicted octanol–water partition coefficient (Wildman–Crippen LogP) is 3.28. The summed E-state index contributed by atoms with van der Waals surface area (Å²) in [4.78, 5) is 24.4. The molecule has 0 amide bonds. The molecular weight excluding hydrogens is 373 g/mol. The molecule has 0 fully saturated rings. The van der Waals surface area contributed by atoms with Gasteiger partial charge in [0, 0.05) is 0 Å². The van der Waals surface area contributed by atoms with Crippen molar-refractivity contribution in [3.63, 3.8) is 0 Å². The molecule has 0 saturated heterocycles. The van der Waals surface area contributed by atoms with Gasteiger partial charge in [-0.3, -0.25) is 9.59 Å². The van der Waals surface area contributed by atoms with Crippen molar-refractivity contribution in [2.75, 3.05) is 12.4 Å².